The van der Waals surface area contributed by atoms with Crippen molar-refractivity contribution in [3.05, 3.63) is 77.6 Å². The van der Waals surface area contributed by atoms with E-state index in [2.05, 4.69) is 55.1 Å². The van der Waals surface area contributed by atoms with Gasteiger partial charge in [-0.2, -0.15) is 5.10 Å². The van der Waals surface area contributed by atoms with Gasteiger partial charge in [0.05, 0.1) is 35.5 Å². The van der Waals surface area contributed by atoms with Crippen LogP contribution in [0.3, 0.4) is 0 Å². The largest absolute Gasteiger partial charge is 0.381 e. The SMILES string of the molecule is O=Cc1cnn(-c2cnc3ncc(C4(c5ccc6c(c5)C=CCN6)CC4)n3c2)c1. The van der Waals surface area contributed by atoms with Crippen LogP contribution in [0.25, 0.3) is 17.5 Å². The molecule has 142 valence electrons. The summed E-state index contributed by atoms with van der Waals surface area (Å²) in [6.07, 6.45) is 16.2. The topological polar surface area (TPSA) is 77.1 Å². The molecule has 7 nitrogen and oxygen atoms in total. The standard InChI is InChI=1S/C22H18N6O/c29-14-15-9-26-28(12-15)18-10-24-21-25-11-20(27(21)13-18)22(5-6-22)17-3-4-19-16(8-17)2-1-7-23-19/h1-4,8-14,23H,5-7H2. The highest BCUT2D eigenvalue weighted by Crippen LogP contribution is 2.54. The molecule has 1 aromatic carbocycles. The molecule has 29 heavy (non-hydrogen) atoms. The molecule has 4 aromatic rings. The molecule has 1 fully saturated rings. The first-order valence-corrected chi connectivity index (χ1v) is 9.66. The minimum absolute atomic E-state index is 0.0435. The van der Waals surface area contributed by atoms with Gasteiger partial charge in [0.25, 0.3) is 0 Å². The van der Waals surface area contributed by atoms with Crippen molar-refractivity contribution < 1.29 is 4.79 Å². The zero-order valence-electron chi connectivity index (χ0n) is 15.6. The highest BCUT2D eigenvalue weighted by atomic mass is 16.1. The first-order valence-electron chi connectivity index (χ1n) is 9.66. The Morgan fingerprint density at radius 3 is 2.83 bits per heavy atom. The van der Waals surface area contributed by atoms with Crippen LogP contribution in [-0.4, -0.2) is 37.0 Å². The lowest BCUT2D eigenvalue weighted by Gasteiger charge is -2.20. The number of hydrogen-bond acceptors (Lipinski definition) is 5. The van der Waals surface area contributed by atoms with Crippen molar-refractivity contribution in [2.75, 3.05) is 11.9 Å². The fraction of sp³-hybridized carbons (Fsp3) is 0.182. The molecule has 3 aromatic heterocycles. The van der Waals surface area contributed by atoms with Gasteiger partial charge in [0, 0.05) is 30.0 Å². The fourth-order valence-electron chi connectivity index (χ4n) is 4.21. The van der Waals surface area contributed by atoms with Crippen LogP contribution in [0.15, 0.2) is 55.3 Å². The molecule has 1 N–H and O–H groups in total. The maximum absolute atomic E-state index is 11.0. The summed E-state index contributed by atoms with van der Waals surface area (Å²) in [4.78, 5) is 20.0. The van der Waals surface area contributed by atoms with Crippen molar-refractivity contribution in [3.63, 3.8) is 0 Å². The molecule has 6 rings (SSSR count). The molecule has 0 bridgehead atoms. The van der Waals surface area contributed by atoms with Crippen LogP contribution in [0, 0.1) is 0 Å². The van der Waals surface area contributed by atoms with Gasteiger partial charge in [0.15, 0.2) is 6.29 Å². The lowest BCUT2D eigenvalue weighted by molar-refractivity contribution is 0.112. The van der Waals surface area contributed by atoms with Gasteiger partial charge in [-0.25, -0.2) is 14.6 Å². The second-order valence-corrected chi connectivity index (χ2v) is 7.63. The zero-order chi connectivity index (χ0) is 19.4. The number of anilines is 1. The summed E-state index contributed by atoms with van der Waals surface area (Å²) in [5.41, 5.74) is 6.13. The van der Waals surface area contributed by atoms with Crippen LogP contribution in [0.1, 0.15) is 40.0 Å². The summed E-state index contributed by atoms with van der Waals surface area (Å²) in [5.74, 6) is 0.664. The van der Waals surface area contributed by atoms with Gasteiger partial charge in [-0.3, -0.25) is 9.20 Å². The van der Waals surface area contributed by atoms with Crippen molar-refractivity contribution >= 4 is 23.8 Å². The van der Waals surface area contributed by atoms with Gasteiger partial charge >= 0.3 is 0 Å². The number of aldehydes is 1. The van der Waals surface area contributed by atoms with E-state index in [1.54, 1.807) is 23.3 Å². The highest BCUT2D eigenvalue weighted by molar-refractivity contribution is 5.74. The molecule has 7 heteroatoms. The normalized spacial score (nSPS) is 16.4. The van der Waals surface area contributed by atoms with E-state index in [-0.39, 0.29) is 5.41 Å². The highest BCUT2D eigenvalue weighted by Gasteiger charge is 2.48. The van der Waals surface area contributed by atoms with E-state index in [4.69, 9.17) is 0 Å². The number of rotatable bonds is 4. The van der Waals surface area contributed by atoms with Gasteiger partial charge in [0.1, 0.15) is 0 Å². The number of carbonyl (C=O) groups excluding carboxylic acids is 1. The summed E-state index contributed by atoms with van der Waals surface area (Å²) in [5, 5.41) is 7.67. The zero-order valence-corrected chi connectivity index (χ0v) is 15.6. The van der Waals surface area contributed by atoms with Crippen molar-refractivity contribution in [3.8, 4) is 5.69 Å². The van der Waals surface area contributed by atoms with Gasteiger partial charge < -0.3 is 5.32 Å². The average molecular weight is 382 g/mol. The molecule has 1 saturated carbocycles. The van der Waals surface area contributed by atoms with Crippen molar-refractivity contribution in [2.24, 2.45) is 0 Å². The van der Waals surface area contributed by atoms with Crippen molar-refractivity contribution in [1.29, 1.82) is 0 Å². The number of hydrogen-bond donors (Lipinski definition) is 1. The Morgan fingerprint density at radius 2 is 2.00 bits per heavy atom. The van der Waals surface area contributed by atoms with E-state index in [1.807, 2.05) is 12.4 Å². The molecule has 0 atom stereocenters. The molecular weight excluding hydrogens is 364 g/mol. The summed E-state index contributed by atoms with van der Waals surface area (Å²) in [6, 6.07) is 6.68. The molecule has 1 aliphatic carbocycles. The molecule has 1 aliphatic heterocycles. The Morgan fingerprint density at radius 1 is 1.10 bits per heavy atom. The number of imidazole rings is 1. The molecule has 0 saturated heterocycles. The molecule has 0 amide bonds. The summed E-state index contributed by atoms with van der Waals surface area (Å²) in [6.45, 7) is 0.873. The predicted molar refractivity (Wildman–Crippen MR) is 109 cm³/mol. The number of aromatic nitrogens is 5. The second-order valence-electron chi connectivity index (χ2n) is 7.63. The van der Waals surface area contributed by atoms with E-state index >= 15 is 0 Å². The lowest BCUT2D eigenvalue weighted by atomic mass is 9.90. The van der Waals surface area contributed by atoms with Crippen LogP contribution in [0.2, 0.25) is 0 Å². The number of fused-ring (bicyclic) bond motifs is 2. The van der Waals surface area contributed by atoms with Crippen molar-refractivity contribution in [2.45, 2.75) is 18.3 Å². The minimum Gasteiger partial charge on any atom is -0.381 e. The van der Waals surface area contributed by atoms with E-state index in [9.17, 15) is 4.79 Å². The van der Waals surface area contributed by atoms with Gasteiger partial charge in [-0.1, -0.05) is 18.2 Å². The van der Waals surface area contributed by atoms with E-state index in [1.165, 1.54) is 16.8 Å². The number of benzene rings is 1. The Labute approximate surface area is 166 Å². The Bertz CT molecular complexity index is 1290. The first-order chi connectivity index (χ1) is 14.3. The van der Waals surface area contributed by atoms with E-state index in [0.717, 1.165) is 37.1 Å². The lowest BCUT2D eigenvalue weighted by Crippen LogP contribution is -2.14. The second kappa shape index (κ2) is 5.88. The Hall–Kier alpha value is -3.74. The fourth-order valence-corrected chi connectivity index (χ4v) is 4.21. The van der Waals surface area contributed by atoms with Crippen LogP contribution >= 0.6 is 0 Å². The molecule has 2 aliphatic rings. The molecule has 4 heterocycles. The maximum atomic E-state index is 11.0. The van der Waals surface area contributed by atoms with Crippen LogP contribution in [0.5, 0.6) is 0 Å². The third-order valence-corrected chi connectivity index (χ3v) is 5.91. The van der Waals surface area contributed by atoms with Crippen LogP contribution < -0.4 is 5.32 Å². The summed E-state index contributed by atoms with van der Waals surface area (Å²) >= 11 is 0. The van der Waals surface area contributed by atoms with Crippen molar-refractivity contribution in [1.82, 2.24) is 24.1 Å². The smallest absolute Gasteiger partial charge is 0.234 e. The van der Waals surface area contributed by atoms with Gasteiger partial charge in [0.2, 0.25) is 5.78 Å². The number of nitrogens with zero attached hydrogens (tertiary/aromatic N) is 5. The molecule has 0 spiro atoms. The van der Waals surface area contributed by atoms with Gasteiger partial charge in [-0.15, -0.1) is 0 Å². The van der Waals surface area contributed by atoms with Gasteiger partial charge in [-0.05, 0) is 36.1 Å². The number of carbonyl (C=O) groups is 1. The van der Waals surface area contributed by atoms with E-state index < -0.39 is 0 Å². The molecule has 0 radical (unpaired) electrons. The monoisotopic (exact) mass is 382 g/mol. The Kier molecular flexibility index (Phi) is 3.29. The third kappa shape index (κ3) is 2.44. The third-order valence-electron chi connectivity index (χ3n) is 5.91. The summed E-state index contributed by atoms with van der Waals surface area (Å²) < 4.78 is 3.72. The quantitative estimate of drug-likeness (QED) is 0.548. The van der Waals surface area contributed by atoms with Crippen LogP contribution in [0.4, 0.5) is 5.69 Å². The van der Waals surface area contributed by atoms with Crippen LogP contribution in [-0.2, 0) is 5.41 Å². The minimum atomic E-state index is -0.0435. The average Bonchev–Trinajstić information content (AvgIpc) is 3.23. The number of nitrogens with one attached hydrogen (secondary N) is 1. The molecule has 0 unspecified atom stereocenters. The summed E-state index contributed by atoms with van der Waals surface area (Å²) in [7, 11) is 0. The first kappa shape index (κ1) is 16.2. The molecular formula is C22H18N6O. The Balaban J connectivity index is 1.46. The predicted octanol–water partition coefficient (Wildman–Crippen LogP) is 3.25. The van der Waals surface area contributed by atoms with E-state index in [0.29, 0.717) is 11.3 Å². The maximum Gasteiger partial charge on any atom is 0.234 e.